The summed E-state index contributed by atoms with van der Waals surface area (Å²) in [4.78, 5) is 4.60. The maximum absolute atomic E-state index is 5.15. The lowest BCUT2D eigenvalue weighted by molar-refractivity contribution is 0.415. The van der Waals surface area contributed by atoms with Gasteiger partial charge >= 0.3 is 0 Å². The van der Waals surface area contributed by atoms with Crippen LogP contribution in [-0.4, -0.2) is 16.5 Å². The number of ether oxygens (including phenoxy) is 1. The van der Waals surface area contributed by atoms with Gasteiger partial charge in [0.2, 0.25) is 0 Å². The topological polar surface area (TPSA) is 26.5 Å². The highest BCUT2D eigenvalue weighted by Gasteiger charge is 2.04. The monoisotopic (exact) mass is 238 g/mol. The van der Waals surface area contributed by atoms with Crippen LogP contribution in [0.5, 0.6) is 5.75 Å². The summed E-state index contributed by atoms with van der Waals surface area (Å²) in [6.45, 7) is 2.08. The molecule has 0 aliphatic heterocycles. The largest absolute Gasteiger partial charge is 0.497 e. The molecule has 0 saturated heterocycles. The first-order chi connectivity index (χ1) is 8.76. The van der Waals surface area contributed by atoms with E-state index in [1.165, 1.54) is 5.56 Å². The molecule has 3 nitrogen and oxygen atoms in total. The van der Waals surface area contributed by atoms with Crippen LogP contribution in [-0.2, 0) is 0 Å². The zero-order valence-corrected chi connectivity index (χ0v) is 10.4. The van der Waals surface area contributed by atoms with E-state index in [4.69, 9.17) is 4.74 Å². The standard InChI is InChI=1S/C15H14N2O/c1-11-3-8-15-16-14(10-17(15)9-11)12-4-6-13(18-2)7-5-12/h3-10H,1-2H3. The molecule has 0 amide bonds. The normalized spacial score (nSPS) is 10.8. The smallest absolute Gasteiger partial charge is 0.137 e. The predicted octanol–water partition coefficient (Wildman–Crippen LogP) is 3.32. The zero-order valence-electron chi connectivity index (χ0n) is 10.4. The summed E-state index contributed by atoms with van der Waals surface area (Å²) < 4.78 is 7.20. The Morgan fingerprint density at radius 3 is 2.50 bits per heavy atom. The maximum atomic E-state index is 5.15. The second-order valence-electron chi connectivity index (χ2n) is 4.33. The number of imidazole rings is 1. The van der Waals surface area contributed by atoms with Gasteiger partial charge in [0, 0.05) is 18.0 Å². The summed E-state index contributed by atoms with van der Waals surface area (Å²) in [6, 6.07) is 12.0. The maximum Gasteiger partial charge on any atom is 0.137 e. The first-order valence-electron chi connectivity index (χ1n) is 5.86. The summed E-state index contributed by atoms with van der Waals surface area (Å²) in [5.74, 6) is 0.860. The molecule has 0 radical (unpaired) electrons. The molecule has 0 saturated carbocycles. The van der Waals surface area contributed by atoms with Crippen molar-refractivity contribution in [3.05, 3.63) is 54.4 Å². The fourth-order valence-corrected chi connectivity index (χ4v) is 2.00. The van der Waals surface area contributed by atoms with Crippen molar-refractivity contribution < 1.29 is 4.74 Å². The minimum atomic E-state index is 0.860. The number of nitrogens with zero attached hydrogens (tertiary/aromatic N) is 2. The SMILES string of the molecule is COc1ccc(-c2cn3cc(C)ccc3n2)cc1. The number of hydrogen-bond donors (Lipinski definition) is 0. The molecule has 90 valence electrons. The van der Waals surface area contributed by atoms with Gasteiger partial charge in [-0.25, -0.2) is 4.98 Å². The van der Waals surface area contributed by atoms with Crippen LogP contribution in [0.2, 0.25) is 0 Å². The molecule has 0 spiro atoms. The van der Waals surface area contributed by atoms with Gasteiger partial charge in [-0.3, -0.25) is 0 Å². The third-order valence-electron chi connectivity index (χ3n) is 2.98. The van der Waals surface area contributed by atoms with Crippen molar-refractivity contribution in [2.24, 2.45) is 0 Å². The van der Waals surface area contributed by atoms with Crippen molar-refractivity contribution in [3.8, 4) is 17.0 Å². The van der Waals surface area contributed by atoms with Gasteiger partial charge < -0.3 is 9.14 Å². The van der Waals surface area contributed by atoms with Crippen molar-refractivity contribution in [1.82, 2.24) is 9.38 Å². The average molecular weight is 238 g/mol. The van der Waals surface area contributed by atoms with Gasteiger partial charge in [0.25, 0.3) is 0 Å². The van der Waals surface area contributed by atoms with Crippen LogP contribution in [0, 0.1) is 6.92 Å². The average Bonchev–Trinajstić information content (AvgIpc) is 2.81. The van der Waals surface area contributed by atoms with Crippen LogP contribution in [0.1, 0.15) is 5.56 Å². The molecule has 0 N–H and O–H groups in total. The van der Waals surface area contributed by atoms with Crippen LogP contribution in [0.4, 0.5) is 0 Å². The highest BCUT2D eigenvalue weighted by Crippen LogP contribution is 2.22. The molecule has 2 heterocycles. The van der Waals surface area contributed by atoms with Crippen molar-refractivity contribution in [3.63, 3.8) is 0 Å². The number of benzene rings is 1. The van der Waals surface area contributed by atoms with Crippen LogP contribution in [0.3, 0.4) is 0 Å². The minimum absolute atomic E-state index is 0.860. The van der Waals surface area contributed by atoms with Gasteiger partial charge in [-0.1, -0.05) is 6.07 Å². The van der Waals surface area contributed by atoms with Gasteiger partial charge in [-0.2, -0.15) is 0 Å². The molecule has 3 aromatic rings. The highest BCUT2D eigenvalue weighted by molar-refractivity contribution is 5.63. The number of aryl methyl sites for hydroxylation is 1. The first kappa shape index (κ1) is 10.8. The number of aromatic nitrogens is 2. The molecule has 2 aromatic heterocycles. The number of methoxy groups -OCH3 is 1. The summed E-state index contributed by atoms with van der Waals surface area (Å²) in [6.07, 6.45) is 4.12. The van der Waals surface area contributed by atoms with E-state index in [0.29, 0.717) is 0 Å². The van der Waals surface area contributed by atoms with Crippen LogP contribution in [0.25, 0.3) is 16.9 Å². The van der Waals surface area contributed by atoms with E-state index in [2.05, 4.69) is 28.6 Å². The summed E-state index contributed by atoms with van der Waals surface area (Å²) >= 11 is 0. The molecule has 0 bridgehead atoms. The minimum Gasteiger partial charge on any atom is -0.497 e. The summed E-state index contributed by atoms with van der Waals surface area (Å²) in [5.41, 5.74) is 4.26. The fraction of sp³-hybridized carbons (Fsp3) is 0.133. The zero-order chi connectivity index (χ0) is 12.5. The summed E-state index contributed by atoms with van der Waals surface area (Å²) in [5, 5.41) is 0. The van der Waals surface area contributed by atoms with E-state index >= 15 is 0 Å². The van der Waals surface area contributed by atoms with Gasteiger partial charge in [-0.15, -0.1) is 0 Å². The van der Waals surface area contributed by atoms with E-state index < -0.39 is 0 Å². The lowest BCUT2D eigenvalue weighted by atomic mass is 10.2. The molecular formula is C15H14N2O. The Hall–Kier alpha value is -2.29. The Bertz CT molecular complexity index is 683. The predicted molar refractivity (Wildman–Crippen MR) is 71.9 cm³/mol. The number of hydrogen-bond acceptors (Lipinski definition) is 2. The van der Waals surface area contributed by atoms with Crippen molar-refractivity contribution in [2.45, 2.75) is 6.92 Å². The third kappa shape index (κ3) is 1.84. The molecule has 0 aliphatic rings. The summed E-state index contributed by atoms with van der Waals surface area (Å²) in [7, 11) is 1.67. The van der Waals surface area contributed by atoms with E-state index in [-0.39, 0.29) is 0 Å². The van der Waals surface area contributed by atoms with E-state index in [0.717, 1.165) is 22.7 Å². The molecular weight excluding hydrogens is 224 g/mol. The Kier molecular flexibility index (Phi) is 2.52. The molecule has 0 atom stereocenters. The van der Waals surface area contributed by atoms with Gasteiger partial charge in [0.15, 0.2) is 0 Å². The van der Waals surface area contributed by atoms with Gasteiger partial charge in [0.1, 0.15) is 11.4 Å². The number of rotatable bonds is 2. The van der Waals surface area contributed by atoms with Crippen molar-refractivity contribution >= 4 is 5.65 Å². The lowest BCUT2D eigenvalue weighted by Crippen LogP contribution is -1.82. The lowest BCUT2D eigenvalue weighted by Gasteiger charge is -1.99. The Labute approximate surface area is 106 Å². The van der Waals surface area contributed by atoms with E-state index in [1.54, 1.807) is 7.11 Å². The van der Waals surface area contributed by atoms with Crippen LogP contribution in [0.15, 0.2) is 48.8 Å². The number of fused-ring (bicyclic) bond motifs is 1. The van der Waals surface area contributed by atoms with Gasteiger partial charge in [0.05, 0.1) is 12.8 Å². The molecule has 0 fully saturated rings. The second kappa shape index (κ2) is 4.18. The first-order valence-corrected chi connectivity index (χ1v) is 5.86. The Balaban J connectivity index is 2.07. The quantitative estimate of drug-likeness (QED) is 0.684. The molecule has 0 unspecified atom stereocenters. The molecule has 18 heavy (non-hydrogen) atoms. The van der Waals surface area contributed by atoms with Gasteiger partial charge in [-0.05, 0) is 42.8 Å². The van der Waals surface area contributed by atoms with Crippen molar-refractivity contribution in [2.75, 3.05) is 7.11 Å². The number of pyridine rings is 1. The van der Waals surface area contributed by atoms with E-state index in [1.807, 2.05) is 36.5 Å². The van der Waals surface area contributed by atoms with Crippen LogP contribution < -0.4 is 4.74 Å². The molecule has 3 rings (SSSR count). The molecule has 1 aromatic carbocycles. The van der Waals surface area contributed by atoms with E-state index in [9.17, 15) is 0 Å². The van der Waals surface area contributed by atoms with Crippen molar-refractivity contribution in [1.29, 1.82) is 0 Å². The Morgan fingerprint density at radius 1 is 1.00 bits per heavy atom. The molecule has 0 aliphatic carbocycles. The highest BCUT2D eigenvalue weighted by atomic mass is 16.5. The van der Waals surface area contributed by atoms with Crippen LogP contribution >= 0.6 is 0 Å². The third-order valence-corrected chi connectivity index (χ3v) is 2.98. The Morgan fingerprint density at radius 2 is 1.78 bits per heavy atom. The second-order valence-corrected chi connectivity index (χ2v) is 4.33. The molecule has 3 heteroatoms. The fourth-order valence-electron chi connectivity index (χ4n) is 2.00.